The van der Waals surface area contributed by atoms with Crippen molar-refractivity contribution in [1.29, 1.82) is 0 Å². The van der Waals surface area contributed by atoms with Crippen molar-refractivity contribution in [2.45, 2.75) is 0 Å². The Hall–Kier alpha value is -3.06. The number of hydrogen-bond donors (Lipinski definition) is 1. The summed E-state index contributed by atoms with van der Waals surface area (Å²) in [7, 11) is 0. The molecule has 0 saturated heterocycles. The Balaban J connectivity index is 2.28. The highest BCUT2D eigenvalue weighted by molar-refractivity contribution is 6.02. The number of aromatic amines is 1. The Kier molecular flexibility index (Phi) is 4.39. The van der Waals surface area contributed by atoms with Crippen LogP contribution < -0.4 is 0 Å². The van der Waals surface area contributed by atoms with E-state index in [1.165, 1.54) is 16.5 Å². The van der Waals surface area contributed by atoms with Crippen molar-refractivity contribution >= 4 is 16.5 Å². The van der Waals surface area contributed by atoms with Gasteiger partial charge in [0.25, 0.3) is 0 Å². The lowest BCUT2D eigenvalue weighted by Crippen LogP contribution is -1.85. The van der Waals surface area contributed by atoms with Crippen LogP contribution in [0.5, 0.6) is 0 Å². The number of nitrogens with one attached hydrogen (secondary N) is 1. The SMILES string of the molecule is C=C/C=C\C=C(/C=C)c1c(-c2ccccc2)[nH]c2ccccc12. The van der Waals surface area contributed by atoms with E-state index in [9.17, 15) is 0 Å². The van der Waals surface area contributed by atoms with E-state index in [-0.39, 0.29) is 0 Å². The molecule has 0 amide bonds. The van der Waals surface area contributed by atoms with Gasteiger partial charge in [-0.25, -0.2) is 0 Å². The Labute approximate surface area is 137 Å². The highest BCUT2D eigenvalue weighted by Crippen LogP contribution is 2.35. The van der Waals surface area contributed by atoms with Gasteiger partial charge in [-0.2, -0.15) is 0 Å². The molecule has 0 saturated carbocycles. The molecule has 0 aliphatic carbocycles. The molecule has 0 radical (unpaired) electrons. The van der Waals surface area contributed by atoms with Crippen LogP contribution in [-0.2, 0) is 0 Å². The quantitative estimate of drug-likeness (QED) is 0.544. The lowest BCUT2D eigenvalue weighted by molar-refractivity contribution is 1.44. The maximum absolute atomic E-state index is 4.00. The van der Waals surface area contributed by atoms with Gasteiger partial charge < -0.3 is 4.98 Å². The first-order chi connectivity index (χ1) is 11.3. The Morgan fingerprint density at radius 1 is 0.870 bits per heavy atom. The first-order valence-corrected chi connectivity index (χ1v) is 7.63. The summed E-state index contributed by atoms with van der Waals surface area (Å²) >= 11 is 0. The first kappa shape index (κ1) is 14.9. The molecule has 1 N–H and O–H groups in total. The summed E-state index contributed by atoms with van der Waals surface area (Å²) in [5, 5.41) is 1.20. The van der Waals surface area contributed by atoms with E-state index in [0.717, 1.165) is 16.8 Å². The number of benzene rings is 2. The summed E-state index contributed by atoms with van der Waals surface area (Å²) < 4.78 is 0. The predicted octanol–water partition coefficient (Wildman–Crippen LogP) is 6.15. The molecular formula is C22H19N. The molecule has 0 bridgehead atoms. The molecule has 1 nitrogen and oxygen atoms in total. The number of aromatic nitrogens is 1. The topological polar surface area (TPSA) is 15.8 Å². The summed E-state index contributed by atoms with van der Waals surface area (Å²) in [6, 6.07) is 18.7. The van der Waals surface area contributed by atoms with Gasteiger partial charge in [-0.15, -0.1) is 0 Å². The molecule has 23 heavy (non-hydrogen) atoms. The van der Waals surface area contributed by atoms with Crippen LogP contribution in [0, 0.1) is 0 Å². The molecule has 0 aliphatic heterocycles. The van der Waals surface area contributed by atoms with Crippen LogP contribution >= 0.6 is 0 Å². The van der Waals surface area contributed by atoms with Gasteiger partial charge in [0, 0.05) is 16.5 Å². The number of allylic oxidation sites excluding steroid dienone is 6. The van der Waals surface area contributed by atoms with E-state index in [0.29, 0.717) is 0 Å². The van der Waals surface area contributed by atoms with Crippen molar-refractivity contribution in [3.63, 3.8) is 0 Å². The molecule has 3 aromatic rings. The van der Waals surface area contributed by atoms with Gasteiger partial charge >= 0.3 is 0 Å². The fourth-order valence-electron chi connectivity index (χ4n) is 2.75. The molecule has 0 unspecified atom stereocenters. The minimum absolute atomic E-state index is 1.08. The van der Waals surface area contributed by atoms with Crippen LogP contribution in [0.3, 0.4) is 0 Å². The molecule has 0 spiro atoms. The molecule has 3 rings (SSSR count). The van der Waals surface area contributed by atoms with Crippen LogP contribution in [0.1, 0.15) is 5.56 Å². The molecule has 112 valence electrons. The van der Waals surface area contributed by atoms with Crippen molar-refractivity contribution in [3.8, 4) is 11.3 Å². The van der Waals surface area contributed by atoms with Crippen LogP contribution in [0.2, 0.25) is 0 Å². The first-order valence-electron chi connectivity index (χ1n) is 7.63. The van der Waals surface area contributed by atoms with Crippen molar-refractivity contribution < 1.29 is 0 Å². The Morgan fingerprint density at radius 3 is 2.35 bits per heavy atom. The van der Waals surface area contributed by atoms with Gasteiger partial charge in [-0.1, -0.05) is 92.1 Å². The second-order valence-electron chi connectivity index (χ2n) is 5.23. The lowest BCUT2D eigenvalue weighted by atomic mass is 9.98. The maximum Gasteiger partial charge on any atom is 0.0544 e. The number of hydrogen-bond acceptors (Lipinski definition) is 0. The van der Waals surface area contributed by atoms with Crippen LogP contribution in [-0.4, -0.2) is 4.98 Å². The second kappa shape index (κ2) is 6.80. The smallest absolute Gasteiger partial charge is 0.0544 e. The van der Waals surface area contributed by atoms with Crippen molar-refractivity contribution in [2.24, 2.45) is 0 Å². The highest BCUT2D eigenvalue weighted by Gasteiger charge is 2.14. The molecule has 2 aromatic carbocycles. The molecule has 0 atom stereocenters. The zero-order valence-corrected chi connectivity index (χ0v) is 13.0. The fraction of sp³-hybridized carbons (Fsp3) is 0. The van der Waals surface area contributed by atoms with Gasteiger partial charge in [-0.3, -0.25) is 0 Å². The van der Waals surface area contributed by atoms with E-state index in [1.807, 2.05) is 30.4 Å². The third-order valence-corrected chi connectivity index (χ3v) is 3.80. The minimum atomic E-state index is 1.08. The normalized spacial score (nSPS) is 11.9. The summed E-state index contributed by atoms with van der Waals surface area (Å²) in [4.78, 5) is 3.55. The van der Waals surface area contributed by atoms with Crippen LogP contribution in [0.4, 0.5) is 0 Å². The number of rotatable bonds is 5. The van der Waals surface area contributed by atoms with E-state index in [1.54, 1.807) is 6.08 Å². The zero-order valence-electron chi connectivity index (χ0n) is 13.0. The largest absolute Gasteiger partial charge is 0.354 e. The minimum Gasteiger partial charge on any atom is -0.354 e. The van der Waals surface area contributed by atoms with E-state index >= 15 is 0 Å². The predicted molar refractivity (Wildman–Crippen MR) is 101 cm³/mol. The molecule has 0 fully saturated rings. The lowest BCUT2D eigenvalue weighted by Gasteiger charge is -2.06. The third kappa shape index (κ3) is 2.95. The van der Waals surface area contributed by atoms with E-state index < -0.39 is 0 Å². The third-order valence-electron chi connectivity index (χ3n) is 3.80. The average molecular weight is 297 g/mol. The average Bonchev–Trinajstić information content (AvgIpc) is 2.99. The Morgan fingerprint density at radius 2 is 1.61 bits per heavy atom. The summed E-state index contributed by atoms with van der Waals surface area (Å²) in [5.41, 5.74) is 5.67. The van der Waals surface area contributed by atoms with Gasteiger partial charge in [0.05, 0.1) is 5.69 Å². The van der Waals surface area contributed by atoms with Gasteiger partial charge in [0.15, 0.2) is 0 Å². The zero-order chi connectivity index (χ0) is 16.1. The van der Waals surface area contributed by atoms with Gasteiger partial charge in [0.1, 0.15) is 0 Å². The molecule has 1 heteroatoms. The molecular weight excluding hydrogens is 278 g/mol. The van der Waals surface area contributed by atoms with Crippen molar-refractivity contribution in [3.05, 3.63) is 104 Å². The maximum atomic E-state index is 4.00. The van der Waals surface area contributed by atoms with Gasteiger partial charge in [0.2, 0.25) is 0 Å². The number of fused-ring (bicyclic) bond motifs is 1. The van der Waals surface area contributed by atoms with Crippen molar-refractivity contribution in [1.82, 2.24) is 4.98 Å². The summed E-state index contributed by atoms with van der Waals surface area (Å²) in [5.74, 6) is 0. The number of para-hydroxylation sites is 1. The number of H-pyrrole nitrogens is 1. The monoisotopic (exact) mass is 297 g/mol. The van der Waals surface area contributed by atoms with E-state index in [4.69, 9.17) is 0 Å². The standard InChI is InChI=1S/C22H19N/c1-3-5-7-12-17(4-2)21-19-15-10-11-16-20(19)23-22(21)18-13-8-6-9-14-18/h3-16,23H,1-2H2/b7-5-,17-12+. The molecule has 1 aromatic heterocycles. The highest BCUT2D eigenvalue weighted by atomic mass is 14.7. The summed E-state index contributed by atoms with van der Waals surface area (Å²) in [6.07, 6.45) is 9.64. The molecule has 0 aliphatic rings. The molecule has 1 heterocycles. The van der Waals surface area contributed by atoms with Crippen LogP contribution in [0.15, 0.2) is 98.1 Å². The van der Waals surface area contributed by atoms with E-state index in [2.05, 4.69) is 66.7 Å². The van der Waals surface area contributed by atoms with Crippen LogP contribution in [0.25, 0.3) is 27.7 Å². The van der Waals surface area contributed by atoms with Crippen molar-refractivity contribution in [2.75, 3.05) is 0 Å². The Bertz CT molecular complexity index is 892. The summed E-state index contributed by atoms with van der Waals surface area (Å²) in [6.45, 7) is 7.71. The fourth-order valence-corrected chi connectivity index (χ4v) is 2.75. The second-order valence-corrected chi connectivity index (χ2v) is 5.23. The van der Waals surface area contributed by atoms with Gasteiger partial charge in [-0.05, 0) is 17.2 Å².